The number of hydrogen-bond acceptors (Lipinski definition) is 8. The van der Waals surface area contributed by atoms with Gasteiger partial charge in [-0.05, 0) is 30.3 Å². The van der Waals surface area contributed by atoms with Crippen molar-refractivity contribution in [2.45, 2.75) is 24.5 Å². The number of aliphatic hydroxyl groups is 1. The lowest BCUT2D eigenvalue weighted by Crippen LogP contribution is -2.54. The SMILES string of the molecule is C=CC[C@]1(C(=O)NNCCN2CCOCC2)N=C(c2ccc(OCCCO)cc2)O[C@H]1c1ccccc1Br. The first-order valence-corrected chi connectivity index (χ1v) is 13.7. The Hall–Kier alpha value is -2.76. The first kappa shape index (κ1) is 28.3. The van der Waals surface area contributed by atoms with Gasteiger partial charge < -0.3 is 19.3 Å². The van der Waals surface area contributed by atoms with E-state index in [0.29, 0.717) is 31.2 Å². The standard InChI is InChI=1S/C28H35BrN4O5/c1-2-12-28(27(35)32-30-13-14-33-15-19-36-20-16-33)25(23-6-3-4-7-24(23)29)38-26(31-28)21-8-10-22(11-9-21)37-18-5-17-34/h2-4,6-11,25,30,34H,1,5,12-20H2,(H,32,35)/t25-,28-/m0/s1. The summed E-state index contributed by atoms with van der Waals surface area (Å²) in [6, 6.07) is 15.0. The lowest BCUT2D eigenvalue weighted by Gasteiger charge is -2.30. The van der Waals surface area contributed by atoms with Gasteiger partial charge in [0.05, 0.1) is 19.8 Å². The number of benzene rings is 2. The Morgan fingerprint density at radius 2 is 2.00 bits per heavy atom. The molecule has 0 spiro atoms. The maximum Gasteiger partial charge on any atom is 0.266 e. The summed E-state index contributed by atoms with van der Waals surface area (Å²) in [5, 5.41) is 8.97. The van der Waals surface area contributed by atoms with Crippen LogP contribution in [0.3, 0.4) is 0 Å². The molecule has 2 aliphatic rings. The number of ether oxygens (including phenoxy) is 3. The Morgan fingerprint density at radius 1 is 1.24 bits per heavy atom. The first-order chi connectivity index (χ1) is 18.6. The average molecular weight is 588 g/mol. The third-order valence-electron chi connectivity index (χ3n) is 6.53. The fourth-order valence-electron chi connectivity index (χ4n) is 4.49. The highest BCUT2D eigenvalue weighted by Crippen LogP contribution is 2.44. The Labute approximate surface area is 232 Å². The van der Waals surface area contributed by atoms with E-state index < -0.39 is 11.6 Å². The molecule has 9 nitrogen and oxygen atoms in total. The molecule has 2 heterocycles. The molecule has 204 valence electrons. The molecule has 3 N–H and O–H groups in total. The van der Waals surface area contributed by atoms with Crippen molar-refractivity contribution in [3.8, 4) is 5.75 Å². The summed E-state index contributed by atoms with van der Waals surface area (Å²) in [6.07, 6.45) is 1.87. The number of nitrogens with zero attached hydrogens (tertiary/aromatic N) is 2. The van der Waals surface area contributed by atoms with E-state index in [0.717, 1.165) is 48.4 Å². The predicted molar refractivity (Wildman–Crippen MR) is 149 cm³/mol. The van der Waals surface area contributed by atoms with Gasteiger partial charge in [0, 0.05) is 61.2 Å². The van der Waals surface area contributed by atoms with Crippen LogP contribution in [-0.4, -0.2) is 80.0 Å². The molecule has 1 fully saturated rings. The largest absolute Gasteiger partial charge is 0.494 e. The topological polar surface area (TPSA) is 105 Å². The molecule has 2 aromatic rings. The van der Waals surface area contributed by atoms with Crippen LogP contribution in [0.5, 0.6) is 5.75 Å². The van der Waals surface area contributed by atoms with Crippen LogP contribution in [0.15, 0.2) is 70.7 Å². The zero-order chi connectivity index (χ0) is 26.8. The number of carbonyl (C=O) groups is 1. The van der Waals surface area contributed by atoms with E-state index in [-0.39, 0.29) is 18.9 Å². The minimum absolute atomic E-state index is 0.0781. The lowest BCUT2D eigenvalue weighted by molar-refractivity contribution is -0.129. The molecule has 10 heteroatoms. The van der Waals surface area contributed by atoms with Crippen molar-refractivity contribution >= 4 is 27.7 Å². The van der Waals surface area contributed by atoms with Crippen LogP contribution in [0.1, 0.15) is 30.1 Å². The molecule has 1 amide bonds. The summed E-state index contributed by atoms with van der Waals surface area (Å²) >= 11 is 3.63. The number of hydrazine groups is 1. The van der Waals surface area contributed by atoms with Crippen LogP contribution in [0, 0.1) is 0 Å². The zero-order valence-corrected chi connectivity index (χ0v) is 23.0. The minimum Gasteiger partial charge on any atom is -0.494 e. The maximum atomic E-state index is 13.8. The number of aliphatic hydroxyl groups excluding tert-OH is 1. The lowest BCUT2D eigenvalue weighted by atomic mass is 9.84. The number of carbonyl (C=O) groups excluding carboxylic acids is 1. The molecule has 2 aromatic carbocycles. The van der Waals surface area contributed by atoms with Crippen molar-refractivity contribution in [1.29, 1.82) is 0 Å². The fraction of sp³-hybridized carbons (Fsp3) is 0.429. The molecule has 2 atom stereocenters. The highest BCUT2D eigenvalue weighted by Gasteiger charge is 2.53. The Kier molecular flexibility index (Phi) is 10.3. The first-order valence-electron chi connectivity index (χ1n) is 12.9. The monoisotopic (exact) mass is 586 g/mol. The third kappa shape index (κ3) is 6.81. The molecule has 2 aliphatic heterocycles. The Bertz CT molecular complexity index is 1110. The van der Waals surface area contributed by atoms with Crippen LogP contribution >= 0.6 is 15.9 Å². The van der Waals surface area contributed by atoms with Crippen molar-refractivity contribution in [3.05, 3.63) is 76.8 Å². The van der Waals surface area contributed by atoms with Gasteiger partial charge in [0.25, 0.3) is 5.91 Å². The van der Waals surface area contributed by atoms with Gasteiger partial charge in [0.2, 0.25) is 5.90 Å². The Balaban J connectivity index is 1.55. The number of morpholine rings is 1. The van der Waals surface area contributed by atoms with Gasteiger partial charge in [-0.15, -0.1) is 6.58 Å². The second kappa shape index (κ2) is 13.9. The number of halogens is 1. The summed E-state index contributed by atoms with van der Waals surface area (Å²) in [4.78, 5) is 21.0. The zero-order valence-electron chi connectivity index (χ0n) is 21.4. The average Bonchev–Trinajstić information content (AvgIpc) is 3.33. The van der Waals surface area contributed by atoms with Gasteiger partial charge in [0.15, 0.2) is 11.6 Å². The molecule has 0 aromatic heterocycles. The summed E-state index contributed by atoms with van der Waals surface area (Å²) in [5.74, 6) is 0.764. The highest BCUT2D eigenvalue weighted by atomic mass is 79.9. The molecule has 0 bridgehead atoms. The predicted octanol–water partition coefficient (Wildman–Crippen LogP) is 3.00. The minimum atomic E-state index is -1.26. The number of amides is 1. The molecule has 38 heavy (non-hydrogen) atoms. The molecule has 0 saturated carbocycles. The van der Waals surface area contributed by atoms with Crippen molar-refractivity contribution in [2.24, 2.45) is 4.99 Å². The molecule has 0 unspecified atom stereocenters. The van der Waals surface area contributed by atoms with E-state index in [1.165, 1.54) is 0 Å². The van der Waals surface area contributed by atoms with E-state index in [2.05, 4.69) is 38.3 Å². The number of hydrogen-bond donors (Lipinski definition) is 3. The Morgan fingerprint density at radius 3 is 2.71 bits per heavy atom. The van der Waals surface area contributed by atoms with E-state index in [4.69, 9.17) is 24.3 Å². The van der Waals surface area contributed by atoms with E-state index >= 15 is 0 Å². The second-order valence-corrected chi connectivity index (χ2v) is 9.99. The van der Waals surface area contributed by atoms with Gasteiger partial charge in [-0.3, -0.25) is 15.1 Å². The van der Waals surface area contributed by atoms with Gasteiger partial charge in [0.1, 0.15) is 5.75 Å². The van der Waals surface area contributed by atoms with Crippen LogP contribution in [0.2, 0.25) is 0 Å². The number of nitrogens with one attached hydrogen (secondary N) is 2. The van der Waals surface area contributed by atoms with Crippen molar-refractivity contribution in [2.75, 3.05) is 52.6 Å². The van der Waals surface area contributed by atoms with Crippen LogP contribution < -0.4 is 15.6 Å². The third-order valence-corrected chi connectivity index (χ3v) is 7.25. The van der Waals surface area contributed by atoms with Crippen LogP contribution in [-0.2, 0) is 14.3 Å². The van der Waals surface area contributed by atoms with Gasteiger partial charge in [-0.25, -0.2) is 10.4 Å². The van der Waals surface area contributed by atoms with E-state index in [1.807, 2.05) is 48.5 Å². The molecule has 0 aliphatic carbocycles. The molecular formula is C28H35BrN4O5. The summed E-state index contributed by atoms with van der Waals surface area (Å²) in [6.45, 7) is 9.03. The van der Waals surface area contributed by atoms with Crippen molar-refractivity contribution in [3.63, 3.8) is 0 Å². The molecular weight excluding hydrogens is 552 g/mol. The number of aliphatic imine (C=N–C) groups is 1. The summed E-state index contributed by atoms with van der Waals surface area (Å²) in [7, 11) is 0. The number of rotatable bonds is 13. The maximum absolute atomic E-state index is 13.8. The highest BCUT2D eigenvalue weighted by molar-refractivity contribution is 9.10. The summed E-state index contributed by atoms with van der Waals surface area (Å²) < 4.78 is 18.3. The second-order valence-electron chi connectivity index (χ2n) is 9.14. The van der Waals surface area contributed by atoms with E-state index in [1.54, 1.807) is 6.08 Å². The van der Waals surface area contributed by atoms with Crippen LogP contribution in [0.4, 0.5) is 0 Å². The molecule has 1 saturated heterocycles. The van der Waals surface area contributed by atoms with Gasteiger partial charge >= 0.3 is 0 Å². The fourth-order valence-corrected chi connectivity index (χ4v) is 4.98. The quantitative estimate of drug-likeness (QED) is 0.188. The molecule has 0 radical (unpaired) electrons. The van der Waals surface area contributed by atoms with Crippen LogP contribution in [0.25, 0.3) is 0 Å². The van der Waals surface area contributed by atoms with E-state index in [9.17, 15) is 4.79 Å². The van der Waals surface area contributed by atoms with Crippen molar-refractivity contribution < 1.29 is 24.1 Å². The summed E-state index contributed by atoms with van der Waals surface area (Å²) in [5.41, 5.74) is 6.25. The van der Waals surface area contributed by atoms with Gasteiger partial charge in [-0.1, -0.05) is 40.2 Å². The smallest absolute Gasteiger partial charge is 0.266 e. The van der Waals surface area contributed by atoms with Gasteiger partial charge in [-0.2, -0.15) is 0 Å². The molecule has 4 rings (SSSR count). The van der Waals surface area contributed by atoms with Crippen molar-refractivity contribution in [1.82, 2.24) is 15.8 Å². The normalized spacial score (nSPS) is 21.4.